The van der Waals surface area contributed by atoms with Gasteiger partial charge in [-0.05, 0) is 18.2 Å². The highest BCUT2D eigenvalue weighted by atomic mass is 16.2. The quantitative estimate of drug-likeness (QED) is 0.685. The van der Waals surface area contributed by atoms with E-state index in [-0.39, 0.29) is 12.5 Å². The third-order valence-corrected chi connectivity index (χ3v) is 1.76. The molecule has 0 aromatic heterocycles. The smallest absolute Gasteiger partial charge is 0.252 e. The van der Waals surface area contributed by atoms with Crippen LogP contribution in [0.25, 0.3) is 0 Å². The number of carbonyl (C=O) groups is 2. The van der Waals surface area contributed by atoms with Gasteiger partial charge in [0.1, 0.15) is 0 Å². The summed E-state index contributed by atoms with van der Waals surface area (Å²) in [6.45, 7) is 0.152. The lowest BCUT2D eigenvalue weighted by Crippen LogP contribution is -2.24. The van der Waals surface area contributed by atoms with Crippen LogP contribution < -0.4 is 11.1 Å². The van der Waals surface area contributed by atoms with Crippen LogP contribution in [-0.2, 0) is 0 Å². The zero-order chi connectivity index (χ0) is 11.3. The molecule has 15 heavy (non-hydrogen) atoms. The lowest BCUT2D eigenvalue weighted by Gasteiger charge is -2.02. The Morgan fingerprint density at radius 1 is 1.40 bits per heavy atom. The van der Waals surface area contributed by atoms with Crippen LogP contribution in [0.5, 0.6) is 0 Å². The van der Waals surface area contributed by atoms with Gasteiger partial charge in [0.15, 0.2) is 0 Å². The Bertz CT molecular complexity index is 432. The van der Waals surface area contributed by atoms with Crippen molar-refractivity contribution in [3.05, 3.63) is 35.4 Å². The minimum atomic E-state index is -0.568. The highest BCUT2D eigenvalue weighted by molar-refractivity contribution is 5.99. The number of nitrogens with one attached hydrogen (secondary N) is 1. The summed E-state index contributed by atoms with van der Waals surface area (Å²) in [4.78, 5) is 22.3. The van der Waals surface area contributed by atoms with Gasteiger partial charge >= 0.3 is 0 Å². The fourth-order valence-corrected chi connectivity index (χ4v) is 1.05. The molecule has 0 bridgehead atoms. The van der Waals surface area contributed by atoms with Crippen LogP contribution in [0.1, 0.15) is 20.7 Å². The van der Waals surface area contributed by atoms with Crippen LogP contribution >= 0.6 is 0 Å². The molecule has 0 fully saturated rings. The van der Waals surface area contributed by atoms with E-state index in [2.05, 4.69) is 11.2 Å². The topological polar surface area (TPSA) is 72.2 Å². The van der Waals surface area contributed by atoms with E-state index >= 15 is 0 Å². The fraction of sp³-hybridized carbons (Fsp3) is 0.0909. The number of rotatable bonds is 3. The molecule has 76 valence electrons. The van der Waals surface area contributed by atoms with Gasteiger partial charge < -0.3 is 11.1 Å². The van der Waals surface area contributed by atoms with Crippen molar-refractivity contribution in [2.24, 2.45) is 5.73 Å². The fourth-order valence-electron chi connectivity index (χ4n) is 1.05. The molecule has 1 aromatic rings. The monoisotopic (exact) mass is 202 g/mol. The van der Waals surface area contributed by atoms with Crippen LogP contribution in [0.2, 0.25) is 0 Å². The van der Waals surface area contributed by atoms with Gasteiger partial charge in [0.2, 0.25) is 5.91 Å². The van der Waals surface area contributed by atoms with Gasteiger partial charge in [-0.15, -0.1) is 6.42 Å². The molecule has 4 heteroatoms. The SMILES string of the molecule is C#CCNC(=O)c1cccc(C(N)=O)c1. The van der Waals surface area contributed by atoms with Crippen molar-refractivity contribution in [1.82, 2.24) is 5.32 Å². The van der Waals surface area contributed by atoms with Crippen molar-refractivity contribution in [1.29, 1.82) is 0 Å². The van der Waals surface area contributed by atoms with Gasteiger partial charge in [-0.25, -0.2) is 0 Å². The molecular weight excluding hydrogens is 192 g/mol. The first kappa shape index (κ1) is 10.8. The maximum Gasteiger partial charge on any atom is 0.252 e. The van der Waals surface area contributed by atoms with E-state index in [1.165, 1.54) is 6.07 Å². The van der Waals surface area contributed by atoms with Crippen molar-refractivity contribution in [3.63, 3.8) is 0 Å². The minimum Gasteiger partial charge on any atom is -0.366 e. The Labute approximate surface area is 87.5 Å². The minimum absolute atomic E-state index is 0.152. The van der Waals surface area contributed by atoms with Gasteiger partial charge in [0, 0.05) is 11.1 Å². The molecule has 0 spiro atoms. The first-order chi connectivity index (χ1) is 7.15. The van der Waals surface area contributed by atoms with Gasteiger partial charge in [-0.1, -0.05) is 12.0 Å². The second kappa shape index (κ2) is 4.82. The Balaban J connectivity index is 2.86. The summed E-state index contributed by atoms with van der Waals surface area (Å²) in [5, 5.41) is 2.49. The molecule has 0 aliphatic rings. The molecule has 0 saturated carbocycles. The highest BCUT2D eigenvalue weighted by Gasteiger charge is 2.06. The summed E-state index contributed by atoms with van der Waals surface area (Å²) in [6, 6.07) is 6.14. The van der Waals surface area contributed by atoms with Crippen LogP contribution in [0, 0.1) is 12.3 Å². The van der Waals surface area contributed by atoms with Crippen molar-refractivity contribution in [2.45, 2.75) is 0 Å². The van der Waals surface area contributed by atoms with Crippen LogP contribution in [-0.4, -0.2) is 18.4 Å². The van der Waals surface area contributed by atoms with E-state index in [9.17, 15) is 9.59 Å². The van der Waals surface area contributed by atoms with Crippen molar-refractivity contribution >= 4 is 11.8 Å². The van der Waals surface area contributed by atoms with E-state index < -0.39 is 5.91 Å². The van der Waals surface area contributed by atoms with E-state index in [1.807, 2.05) is 0 Å². The maximum atomic E-state index is 11.4. The average molecular weight is 202 g/mol. The van der Waals surface area contributed by atoms with E-state index in [0.29, 0.717) is 11.1 Å². The highest BCUT2D eigenvalue weighted by Crippen LogP contribution is 2.04. The number of carbonyl (C=O) groups excluding carboxylic acids is 2. The number of hydrogen-bond donors (Lipinski definition) is 2. The Hall–Kier alpha value is -2.28. The van der Waals surface area contributed by atoms with E-state index in [1.54, 1.807) is 18.2 Å². The third kappa shape index (κ3) is 2.85. The molecule has 0 saturated heterocycles. The molecule has 0 radical (unpaired) electrons. The summed E-state index contributed by atoms with van der Waals surface area (Å²) < 4.78 is 0. The number of amides is 2. The van der Waals surface area contributed by atoms with Crippen molar-refractivity contribution in [3.8, 4) is 12.3 Å². The molecule has 1 aromatic carbocycles. The Morgan fingerprint density at radius 2 is 2.07 bits per heavy atom. The predicted molar refractivity (Wildman–Crippen MR) is 56.1 cm³/mol. The normalized spacial score (nSPS) is 9.00. The molecule has 0 heterocycles. The summed E-state index contributed by atoms with van der Waals surface area (Å²) in [6.07, 6.45) is 4.99. The molecule has 2 amide bonds. The molecule has 1 rings (SSSR count). The molecule has 0 unspecified atom stereocenters. The number of nitrogens with two attached hydrogens (primary N) is 1. The van der Waals surface area contributed by atoms with Crippen molar-refractivity contribution in [2.75, 3.05) is 6.54 Å². The van der Waals surface area contributed by atoms with Crippen LogP contribution in [0.4, 0.5) is 0 Å². The molecule has 0 atom stereocenters. The Kier molecular flexibility index (Phi) is 3.47. The number of terminal acetylenes is 1. The van der Waals surface area contributed by atoms with Crippen LogP contribution in [0.3, 0.4) is 0 Å². The standard InChI is InChI=1S/C11H10N2O2/c1-2-6-13-11(15)9-5-3-4-8(7-9)10(12)14/h1,3-5,7H,6H2,(H2,12,14)(H,13,15). The number of primary amides is 1. The number of benzene rings is 1. The first-order valence-electron chi connectivity index (χ1n) is 4.26. The second-order valence-corrected chi connectivity index (χ2v) is 2.83. The summed E-state index contributed by atoms with van der Waals surface area (Å²) in [7, 11) is 0. The van der Waals surface area contributed by atoms with Gasteiger partial charge in [0.05, 0.1) is 6.54 Å². The lowest BCUT2D eigenvalue weighted by molar-refractivity contribution is 0.0958. The largest absolute Gasteiger partial charge is 0.366 e. The van der Waals surface area contributed by atoms with Gasteiger partial charge in [0.25, 0.3) is 5.91 Å². The Morgan fingerprint density at radius 3 is 2.67 bits per heavy atom. The second-order valence-electron chi connectivity index (χ2n) is 2.83. The molecule has 3 N–H and O–H groups in total. The summed E-state index contributed by atoms with van der Waals surface area (Å²) in [5.74, 6) is 1.39. The number of hydrogen-bond acceptors (Lipinski definition) is 2. The molecule has 4 nitrogen and oxygen atoms in total. The lowest BCUT2D eigenvalue weighted by atomic mass is 10.1. The van der Waals surface area contributed by atoms with Crippen LogP contribution in [0.15, 0.2) is 24.3 Å². The molecular formula is C11H10N2O2. The molecule has 0 aliphatic heterocycles. The van der Waals surface area contributed by atoms with Gasteiger partial charge in [-0.2, -0.15) is 0 Å². The first-order valence-corrected chi connectivity index (χ1v) is 4.26. The van der Waals surface area contributed by atoms with Gasteiger partial charge in [-0.3, -0.25) is 9.59 Å². The maximum absolute atomic E-state index is 11.4. The third-order valence-electron chi connectivity index (χ3n) is 1.76. The zero-order valence-corrected chi connectivity index (χ0v) is 7.99. The average Bonchev–Trinajstić information content (AvgIpc) is 2.26. The van der Waals surface area contributed by atoms with E-state index in [0.717, 1.165) is 0 Å². The predicted octanol–water partition coefficient (Wildman–Crippen LogP) is 0.149. The van der Waals surface area contributed by atoms with Crippen molar-refractivity contribution < 1.29 is 9.59 Å². The summed E-state index contributed by atoms with van der Waals surface area (Å²) in [5.41, 5.74) is 5.74. The summed E-state index contributed by atoms with van der Waals surface area (Å²) >= 11 is 0. The molecule has 0 aliphatic carbocycles. The van der Waals surface area contributed by atoms with E-state index in [4.69, 9.17) is 12.2 Å². The zero-order valence-electron chi connectivity index (χ0n) is 7.99.